The van der Waals surface area contributed by atoms with Crippen LogP contribution in [0.15, 0.2) is 42.5 Å². The SMILES string of the molecule is Cc1ccc(C)c(OCc2ccc(C(C)CN)cc2)c1. The topological polar surface area (TPSA) is 35.2 Å². The van der Waals surface area contributed by atoms with Crippen molar-refractivity contribution in [3.05, 3.63) is 64.7 Å². The molecule has 0 bridgehead atoms. The molecule has 106 valence electrons. The Balaban J connectivity index is 2.02. The van der Waals surface area contributed by atoms with Crippen molar-refractivity contribution >= 4 is 0 Å². The zero-order valence-electron chi connectivity index (χ0n) is 12.5. The molecule has 0 saturated heterocycles. The molecule has 2 heteroatoms. The smallest absolute Gasteiger partial charge is 0.122 e. The minimum atomic E-state index is 0.406. The summed E-state index contributed by atoms with van der Waals surface area (Å²) in [6.07, 6.45) is 0. The predicted molar refractivity (Wildman–Crippen MR) is 84.2 cm³/mol. The third-order valence-electron chi connectivity index (χ3n) is 3.64. The fourth-order valence-corrected chi connectivity index (χ4v) is 2.10. The molecule has 2 N–H and O–H groups in total. The van der Waals surface area contributed by atoms with E-state index in [4.69, 9.17) is 10.5 Å². The molecule has 0 saturated carbocycles. The maximum atomic E-state index is 5.91. The molecular weight excluding hydrogens is 246 g/mol. The Morgan fingerprint density at radius 3 is 2.40 bits per heavy atom. The lowest BCUT2D eigenvalue weighted by molar-refractivity contribution is 0.304. The highest BCUT2D eigenvalue weighted by molar-refractivity contribution is 5.36. The van der Waals surface area contributed by atoms with Gasteiger partial charge in [-0.1, -0.05) is 43.3 Å². The zero-order chi connectivity index (χ0) is 14.5. The summed E-state index contributed by atoms with van der Waals surface area (Å²) in [5.41, 5.74) is 10.5. The van der Waals surface area contributed by atoms with Gasteiger partial charge in [0.2, 0.25) is 0 Å². The van der Waals surface area contributed by atoms with Crippen molar-refractivity contribution in [2.75, 3.05) is 6.54 Å². The van der Waals surface area contributed by atoms with Crippen molar-refractivity contribution in [3.63, 3.8) is 0 Å². The van der Waals surface area contributed by atoms with E-state index < -0.39 is 0 Å². The van der Waals surface area contributed by atoms with Gasteiger partial charge in [0.25, 0.3) is 0 Å². The lowest BCUT2D eigenvalue weighted by atomic mass is 10.0. The Hall–Kier alpha value is -1.80. The maximum absolute atomic E-state index is 5.91. The second-order valence-electron chi connectivity index (χ2n) is 5.44. The molecule has 20 heavy (non-hydrogen) atoms. The third kappa shape index (κ3) is 3.61. The minimum absolute atomic E-state index is 0.406. The number of nitrogens with two attached hydrogens (primary N) is 1. The molecule has 0 aliphatic rings. The van der Waals surface area contributed by atoms with Crippen molar-refractivity contribution in [1.82, 2.24) is 0 Å². The van der Waals surface area contributed by atoms with Crippen molar-refractivity contribution < 1.29 is 4.74 Å². The van der Waals surface area contributed by atoms with E-state index in [-0.39, 0.29) is 0 Å². The van der Waals surface area contributed by atoms with Gasteiger partial charge in [-0.2, -0.15) is 0 Å². The third-order valence-corrected chi connectivity index (χ3v) is 3.64. The first-order valence-corrected chi connectivity index (χ1v) is 7.09. The number of benzene rings is 2. The van der Waals surface area contributed by atoms with E-state index in [1.807, 2.05) is 0 Å². The summed E-state index contributed by atoms with van der Waals surface area (Å²) in [6.45, 7) is 7.57. The van der Waals surface area contributed by atoms with E-state index in [0.29, 0.717) is 19.1 Å². The van der Waals surface area contributed by atoms with Crippen molar-refractivity contribution in [3.8, 4) is 5.75 Å². The molecule has 2 rings (SSSR count). The van der Waals surface area contributed by atoms with Gasteiger partial charge < -0.3 is 10.5 Å². The Kier molecular flexibility index (Phi) is 4.80. The van der Waals surface area contributed by atoms with E-state index in [1.54, 1.807) is 0 Å². The highest BCUT2D eigenvalue weighted by Gasteiger charge is 2.04. The standard InChI is InChI=1S/C18H23NO/c1-13-4-5-14(2)18(10-13)20-12-16-6-8-17(9-7-16)15(3)11-19/h4-10,15H,11-12,19H2,1-3H3. The molecule has 0 aromatic heterocycles. The first kappa shape index (κ1) is 14.6. The fraction of sp³-hybridized carbons (Fsp3) is 0.333. The summed E-state index contributed by atoms with van der Waals surface area (Å²) in [6, 6.07) is 14.8. The van der Waals surface area contributed by atoms with Crippen LogP contribution in [-0.2, 0) is 6.61 Å². The van der Waals surface area contributed by atoms with Crippen LogP contribution < -0.4 is 10.5 Å². The van der Waals surface area contributed by atoms with E-state index >= 15 is 0 Å². The number of rotatable bonds is 5. The van der Waals surface area contributed by atoms with Crippen LogP contribution >= 0.6 is 0 Å². The lowest BCUT2D eigenvalue weighted by Gasteiger charge is -2.12. The molecule has 0 aliphatic heterocycles. The van der Waals surface area contributed by atoms with Gasteiger partial charge in [0, 0.05) is 0 Å². The van der Waals surface area contributed by atoms with Crippen LogP contribution in [0.4, 0.5) is 0 Å². The van der Waals surface area contributed by atoms with E-state index in [0.717, 1.165) is 5.75 Å². The lowest BCUT2D eigenvalue weighted by Crippen LogP contribution is -2.08. The van der Waals surface area contributed by atoms with Gasteiger partial charge in [-0.15, -0.1) is 0 Å². The zero-order valence-corrected chi connectivity index (χ0v) is 12.5. The van der Waals surface area contributed by atoms with Gasteiger partial charge in [-0.25, -0.2) is 0 Å². The highest BCUT2D eigenvalue weighted by atomic mass is 16.5. The van der Waals surface area contributed by atoms with Crippen LogP contribution in [-0.4, -0.2) is 6.54 Å². The van der Waals surface area contributed by atoms with Crippen molar-refractivity contribution in [2.24, 2.45) is 5.73 Å². The van der Waals surface area contributed by atoms with Gasteiger partial charge >= 0.3 is 0 Å². The Bertz CT molecular complexity index is 560. The number of ether oxygens (including phenoxy) is 1. The molecule has 1 unspecified atom stereocenters. The van der Waals surface area contributed by atoms with Crippen LogP contribution in [0.25, 0.3) is 0 Å². The Morgan fingerprint density at radius 1 is 1.05 bits per heavy atom. The number of hydrogen-bond acceptors (Lipinski definition) is 2. The fourth-order valence-electron chi connectivity index (χ4n) is 2.10. The van der Waals surface area contributed by atoms with Crippen LogP contribution in [0.1, 0.15) is 35.1 Å². The molecule has 0 heterocycles. The predicted octanol–water partition coefficient (Wildman–Crippen LogP) is 3.94. The molecule has 1 atom stereocenters. The summed E-state index contributed by atoms with van der Waals surface area (Å²) in [5, 5.41) is 0. The van der Waals surface area contributed by atoms with Gasteiger partial charge in [0.15, 0.2) is 0 Å². The molecule has 2 nitrogen and oxygen atoms in total. The van der Waals surface area contributed by atoms with Crippen LogP contribution in [0.5, 0.6) is 5.75 Å². The summed E-state index contributed by atoms with van der Waals surface area (Å²) in [7, 11) is 0. The quantitative estimate of drug-likeness (QED) is 0.892. The average Bonchev–Trinajstić information content (AvgIpc) is 2.48. The number of aryl methyl sites for hydroxylation is 2. The van der Waals surface area contributed by atoms with Gasteiger partial charge in [-0.3, -0.25) is 0 Å². The van der Waals surface area contributed by atoms with Gasteiger partial charge in [-0.05, 0) is 54.6 Å². The normalized spacial score (nSPS) is 12.2. The van der Waals surface area contributed by atoms with Gasteiger partial charge in [0.1, 0.15) is 12.4 Å². The molecule has 0 aliphatic carbocycles. The first-order valence-electron chi connectivity index (χ1n) is 7.09. The minimum Gasteiger partial charge on any atom is -0.489 e. The summed E-state index contributed by atoms with van der Waals surface area (Å²) >= 11 is 0. The molecule has 0 spiro atoms. The maximum Gasteiger partial charge on any atom is 0.122 e. The van der Waals surface area contributed by atoms with Gasteiger partial charge in [0.05, 0.1) is 0 Å². The van der Waals surface area contributed by atoms with E-state index in [2.05, 4.69) is 63.2 Å². The average molecular weight is 269 g/mol. The summed E-state index contributed by atoms with van der Waals surface area (Å²) in [5.74, 6) is 1.37. The van der Waals surface area contributed by atoms with Crippen LogP contribution in [0.2, 0.25) is 0 Å². The Morgan fingerprint density at radius 2 is 1.75 bits per heavy atom. The summed E-state index contributed by atoms with van der Waals surface area (Å²) < 4.78 is 5.91. The Labute approximate surface area is 121 Å². The largest absolute Gasteiger partial charge is 0.489 e. The number of hydrogen-bond donors (Lipinski definition) is 1. The molecule has 0 fully saturated rings. The van der Waals surface area contributed by atoms with Crippen molar-refractivity contribution in [1.29, 1.82) is 0 Å². The monoisotopic (exact) mass is 269 g/mol. The van der Waals surface area contributed by atoms with Crippen molar-refractivity contribution in [2.45, 2.75) is 33.3 Å². The van der Waals surface area contributed by atoms with Crippen LogP contribution in [0, 0.1) is 13.8 Å². The second kappa shape index (κ2) is 6.58. The molecule has 2 aromatic rings. The molecule has 0 amide bonds. The van der Waals surface area contributed by atoms with Crippen LogP contribution in [0.3, 0.4) is 0 Å². The molecule has 2 aromatic carbocycles. The molecule has 0 radical (unpaired) electrons. The summed E-state index contributed by atoms with van der Waals surface area (Å²) in [4.78, 5) is 0. The second-order valence-corrected chi connectivity index (χ2v) is 5.44. The van der Waals surface area contributed by atoms with E-state index in [9.17, 15) is 0 Å². The first-order chi connectivity index (χ1) is 9.60. The molecular formula is C18H23NO. The highest BCUT2D eigenvalue weighted by Crippen LogP contribution is 2.21. The van der Waals surface area contributed by atoms with E-state index in [1.165, 1.54) is 22.3 Å².